The summed E-state index contributed by atoms with van der Waals surface area (Å²) >= 11 is 0. The maximum Gasteiger partial charge on any atom is 0.119 e. The molecule has 3 heteroatoms. The molecule has 0 amide bonds. The van der Waals surface area contributed by atoms with E-state index < -0.39 is 6.10 Å². The van der Waals surface area contributed by atoms with Crippen molar-refractivity contribution in [2.75, 3.05) is 6.61 Å². The molecule has 1 aromatic heterocycles. The van der Waals surface area contributed by atoms with E-state index in [4.69, 9.17) is 4.74 Å². The highest BCUT2D eigenvalue weighted by Gasteiger charge is 2.18. The van der Waals surface area contributed by atoms with Crippen molar-refractivity contribution < 1.29 is 9.84 Å². The highest BCUT2D eigenvalue weighted by atomic mass is 16.5. The minimum Gasteiger partial charge on any atom is -0.494 e. The van der Waals surface area contributed by atoms with Crippen molar-refractivity contribution in [2.45, 2.75) is 38.7 Å². The molecule has 0 saturated carbocycles. The second kappa shape index (κ2) is 7.79. The molecule has 0 aliphatic rings. The zero-order valence-electron chi connectivity index (χ0n) is 12.7. The minimum atomic E-state index is -0.530. The lowest BCUT2D eigenvalue weighted by Gasteiger charge is -2.19. The highest BCUT2D eigenvalue weighted by Crippen LogP contribution is 2.30. The van der Waals surface area contributed by atoms with Crippen LogP contribution in [0.4, 0.5) is 0 Å². The molecule has 0 aliphatic carbocycles. The van der Waals surface area contributed by atoms with Crippen LogP contribution >= 0.6 is 0 Å². The van der Waals surface area contributed by atoms with Crippen LogP contribution in [-0.2, 0) is 0 Å². The van der Waals surface area contributed by atoms with Crippen LogP contribution < -0.4 is 4.74 Å². The van der Waals surface area contributed by atoms with E-state index in [-0.39, 0.29) is 5.92 Å². The number of nitrogens with zero attached hydrogens (tertiary/aromatic N) is 1. The Hall–Kier alpha value is -1.87. The molecule has 2 aromatic rings. The zero-order valence-corrected chi connectivity index (χ0v) is 12.7. The summed E-state index contributed by atoms with van der Waals surface area (Å²) in [6, 6.07) is 11.6. The monoisotopic (exact) mass is 285 g/mol. The average Bonchev–Trinajstić information content (AvgIpc) is 2.55. The number of aliphatic hydroxyl groups excluding tert-OH is 1. The third-order valence-corrected chi connectivity index (χ3v) is 3.69. The van der Waals surface area contributed by atoms with Gasteiger partial charge in [-0.3, -0.25) is 4.98 Å². The third-order valence-electron chi connectivity index (χ3n) is 3.69. The molecule has 21 heavy (non-hydrogen) atoms. The predicted octanol–water partition coefficient (Wildman–Crippen LogP) is 4.10. The Morgan fingerprint density at radius 2 is 1.71 bits per heavy atom. The number of aromatic nitrogens is 1. The first-order chi connectivity index (χ1) is 10.2. The summed E-state index contributed by atoms with van der Waals surface area (Å²) in [5.41, 5.74) is 1.99. The van der Waals surface area contributed by atoms with Crippen LogP contribution in [0.15, 0.2) is 48.8 Å². The first kappa shape index (κ1) is 15.5. The lowest BCUT2D eigenvalue weighted by Crippen LogP contribution is -2.07. The summed E-state index contributed by atoms with van der Waals surface area (Å²) in [5, 5.41) is 10.5. The van der Waals surface area contributed by atoms with Crippen LogP contribution in [0.25, 0.3) is 0 Å². The Bertz CT molecular complexity index is 525. The average molecular weight is 285 g/mol. The zero-order chi connectivity index (χ0) is 15.1. The van der Waals surface area contributed by atoms with Gasteiger partial charge in [0, 0.05) is 18.3 Å². The Kier molecular flexibility index (Phi) is 5.76. The fourth-order valence-electron chi connectivity index (χ4n) is 2.23. The van der Waals surface area contributed by atoms with Crippen molar-refractivity contribution in [1.82, 2.24) is 4.98 Å². The summed E-state index contributed by atoms with van der Waals surface area (Å²) in [4.78, 5) is 4.01. The van der Waals surface area contributed by atoms with Gasteiger partial charge in [-0.25, -0.2) is 0 Å². The van der Waals surface area contributed by atoms with Gasteiger partial charge in [0.25, 0.3) is 0 Å². The molecule has 2 atom stereocenters. The van der Waals surface area contributed by atoms with Crippen molar-refractivity contribution in [3.05, 3.63) is 59.9 Å². The van der Waals surface area contributed by atoms with Crippen LogP contribution in [0.2, 0.25) is 0 Å². The Morgan fingerprint density at radius 3 is 2.33 bits per heavy atom. The first-order valence-corrected chi connectivity index (χ1v) is 7.53. The van der Waals surface area contributed by atoms with Gasteiger partial charge in [-0.05, 0) is 41.8 Å². The summed E-state index contributed by atoms with van der Waals surface area (Å²) in [6.45, 7) is 4.90. The summed E-state index contributed by atoms with van der Waals surface area (Å²) in [5.74, 6) is 0.885. The van der Waals surface area contributed by atoms with Crippen LogP contribution in [-0.4, -0.2) is 16.7 Å². The van der Waals surface area contributed by atoms with Gasteiger partial charge in [0.15, 0.2) is 0 Å². The highest BCUT2D eigenvalue weighted by molar-refractivity contribution is 5.31. The van der Waals surface area contributed by atoms with E-state index in [1.165, 1.54) is 0 Å². The standard InChI is InChI=1S/C18H23NO2/c1-3-4-13-21-17-7-5-16(6-8-17)18(20)14(2)15-9-11-19-12-10-15/h5-12,14,18,20H,3-4,13H2,1-2H3. The lowest BCUT2D eigenvalue weighted by molar-refractivity contribution is 0.151. The molecule has 1 aromatic carbocycles. The molecule has 1 N–H and O–H groups in total. The Labute approximate surface area is 126 Å². The number of ether oxygens (including phenoxy) is 1. The second-order valence-corrected chi connectivity index (χ2v) is 5.29. The Morgan fingerprint density at radius 1 is 1.05 bits per heavy atom. The number of hydrogen-bond acceptors (Lipinski definition) is 3. The molecule has 2 unspecified atom stereocenters. The van der Waals surface area contributed by atoms with Gasteiger partial charge in [0.2, 0.25) is 0 Å². The molecule has 112 valence electrons. The van der Waals surface area contributed by atoms with E-state index in [1.54, 1.807) is 12.4 Å². The van der Waals surface area contributed by atoms with Gasteiger partial charge < -0.3 is 9.84 Å². The van der Waals surface area contributed by atoms with E-state index in [9.17, 15) is 5.11 Å². The topological polar surface area (TPSA) is 42.4 Å². The number of benzene rings is 1. The first-order valence-electron chi connectivity index (χ1n) is 7.53. The van der Waals surface area contributed by atoms with E-state index in [0.717, 1.165) is 36.3 Å². The van der Waals surface area contributed by atoms with Crippen molar-refractivity contribution >= 4 is 0 Å². The van der Waals surface area contributed by atoms with Crippen molar-refractivity contribution in [3.8, 4) is 5.75 Å². The predicted molar refractivity (Wildman–Crippen MR) is 84.5 cm³/mol. The Balaban J connectivity index is 2.01. The molecule has 0 radical (unpaired) electrons. The third kappa shape index (κ3) is 4.30. The van der Waals surface area contributed by atoms with Gasteiger partial charge in [-0.15, -0.1) is 0 Å². The van der Waals surface area contributed by atoms with E-state index in [0.29, 0.717) is 0 Å². The maximum absolute atomic E-state index is 10.5. The number of aliphatic hydroxyl groups is 1. The number of pyridine rings is 1. The summed E-state index contributed by atoms with van der Waals surface area (Å²) in [6.07, 6.45) is 5.16. The van der Waals surface area contributed by atoms with Gasteiger partial charge >= 0.3 is 0 Å². The normalized spacial score (nSPS) is 13.7. The molecule has 2 rings (SSSR count). The molecule has 0 saturated heterocycles. The molecule has 1 heterocycles. The molecular weight excluding hydrogens is 262 g/mol. The minimum absolute atomic E-state index is 0.0276. The molecule has 0 aliphatic heterocycles. The fourth-order valence-corrected chi connectivity index (χ4v) is 2.23. The van der Waals surface area contributed by atoms with Gasteiger partial charge in [-0.2, -0.15) is 0 Å². The molecule has 3 nitrogen and oxygen atoms in total. The lowest BCUT2D eigenvalue weighted by atomic mass is 9.91. The molecule has 0 fully saturated rings. The number of unbranched alkanes of at least 4 members (excludes halogenated alkanes) is 1. The largest absolute Gasteiger partial charge is 0.494 e. The van der Waals surface area contributed by atoms with Crippen LogP contribution in [0.3, 0.4) is 0 Å². The van der Waals surface area contributed by atoms with E-state index in [1.807, 2.05) is 43.3 Å². The van der Waals surface area contributed by atoms with Crippen molar-refractivity contribution in [1.29, 1.82) is 0 Å². The summed E-state index contributed by atoms with van der Waals surface area (Å²) in [7, 11) is 0. The van der Waals surface area contributed by atoms with Gasteiger partial charge in [-0.1, -0.05) is 32.4 Å². The van der Waals surface area contributed by atoms with E-state index in [2.05, 4.69) is 11.9 Å². The molecule has 0 bridgehead atoms. The quantitative estimate of drug-likeness (QED) is 0.779. The molecule has 0 spiro atoms. The second-order valence-electron chi connectivity index (χ2n) is 5.29. The van der Waals surface area contributed by atoms with Gasteiger partial charge in [0.1, 0.15) is 5.75 Å². The van der Waals surface area contributed by atoms with Crippen LogP contribution in [0.5, 0.6) is 5.75 Å². The number of rotatable bonds is 7. The van der Waals surface area contributed by atoms with Crippen LogP contribution in [0.1, 0.15) is 49.8 Å². The SMILES string of the molecule is CCCCOc1ccc(C(O)C(C)c2ccncc2)cc1. The smallest absolute Gasteiger partial charge is 0.119 e. The van der Waals surface area contributed by atoms with Crippen molar-refractivity contribution in [2.24, 2.45) is 0 Å². The summed E-state index contributed by atoms with van der Waals surface area (Å²) < 4.78 is 5.64. The maximum atomic E-state index is 10.5. The van der Waals surface area contributed by atoms with Gasteiger partial charge in [0.05, 0.1) is 12.7 Å². The van der Waals surface area contributed by atoms with Crippen molar-refractivity contribution in [3.63, 3.8) is 0 Å². The number of hydrogen-bond donors (Lipinski definition) is 1. The molecular formula is C18H23NO2. The fraction of sp³-hybridized carbons (Fsp3) is 0.389. The van der Waals surface area contributed by atoms with Crippen LogP contribution in [0, 0.1) is 0 Å². The van der Waals surface area contributed by atoms with E-state index >= 15 is 0 Å².